The molecule has 0 aromatic rings. The number of allylic oxidation sites excluding steroid dienone is 4. The van der Waals surface area contributed by atoms with Crippen LogP contribution in [-0.4, -0.2) is 5.78 Å². The fourth-order valence-corrected chi connectivity index (χ4v) is 1.27. The van der Waals surface area contributed by atoms with E-state index >= 15 is 0 Å². The summed E-state index contributed by atoms with van der Waals surface area (Å²) in [4.78, 5) is 11.7. The largest absolute Gasteiger partial charge is 0.294 e. The van der Waals surface area contributed by atoms with Gasteiger partial charge >= 0.3 is 0 Å². The Morgan fingerprint density at radius 3 is 1.93 bits per heavy atom. The van der Waals surface area contributed by atoms with E-state index in [1.807, 2.05) is 27.7 Å². The molecule has 0 unspecified atom stereocenters. The number of Topliss-reactive ketones (excluding diaryl/α,β-unsaturated/α-hetero) is 1. The number of hydrogen-bond donors (Lipinski definition) is 0. The fourth-order valence-electron chi connectivity index (χ4n) is 1.27. The molecule has 0 aliphatic carbocycles. The predicted octanol–water partition coefficient (Wildman–Crippen LogP) is 4.32. The molecule has 0 radical (unpaired) electrons. The zero-order valence-electron chi connectivity index (χ0n) is 10.5. The molecular weight excluding hydrogens is 184 g/mol. The normalized spacial score (nSPS) is 10.3. The van der Waals surface area contributed by atoms with Crippen molar-refractivity contribution in [3.63, 3.8) is 0 Å². The molecule has 0 rings (SSSR count). The number of ketones is 1. The summed E-state index contributed by atoms with van der Waals surface area (Å²) in [6.45, 7) is 15.2. The van der Waals surface area contributed by atoms with E-state index in [4.69, 9.17) is 0 Å². The Bertz CT molecular complexity index is 219. The summed E-state index contributed by atoms with van der Waals surface area (Å²) in [5.41, 5.74) is 0.670. The van der Waals surface area contributed by atoms with Crippen LogP contribution in [-0.2, 0) is 4.79 Å². The van der Waals surface area contributed by atoms with Gasteiger partial charge in [-0.15, -0.1) is 0 Å². The first-order valence-corrected chi connectivity index (χ1v) is 5.70. The van der Waals surface area contributed by atoms with E-state index in [0.29, 0.717) is 5.57 Å². The van der Waals surface area contributed by atoms with Gasteiger partial charge in [0, 0.05) is 11.5 Å². The number of carbonyl (C=O) groups excluding carboxylic acids is 1. The van der Waals surface area contributed by atoms with Gasteiger partial charge in [-0.05, 0) is 12.8 Å². The van der Waals surface area contributed by atoms with Crippen molar-refractivity contribution in [3.8, 4) is 0 Å². The minimum absolute atomic E-state index is 0.129. The first-order valence-electron chi connectivity index (χ1n) is 5.70. The van der Waals surface area contributed by atoms with Crippen LogP contribution in [0.4, 0.5) is 0 Å². The van der Waals surface area contributed by atoms with Gasteiger partial charge in [0.25, 0.3) is 0 Å². The van der Waals surface area contributed by atoms with Gasteiger partial charge in [0.15, 0.2) is 5.78 Å². The van der Waals surface area contributed by atoms with Crippen molar-refractivity contribution in [2.24, 2.45) is 5.92 Å². The molecule has 0 N–H and O–H groups in total. The van der Waals surface area contributed by atoms with Gasteiger partial charge in [-0.3, -0.25) is 4.79 Å². The second-order valence-corrected chi connectivity index (χ2v) is 2.94. The van der Waals surface area contributed by atoms with E-state index in [-0.39, 0.29) is 11.7 Å². The molecule has 0 spiro atoms. The highest BCUT2D eigenvalue weighted by molar-refractivity contribution is 5.99. The van der Waals surface area contributed by atoms with E-state index < -0.39 is 0 Å². The lowest BCUT2D eigenvalue weighted by Gasteiger charge is -2.10. The van der Waals surface area contributed by atoms with Gasteiger partial charge in [0.2, 0.25) is 0 Å². The highest BCUT2D eigenvalue weighted by Gasteiger charge is 2.15. The molecule has 0 saturated carbocycles. The lowest BCUT2D eigenvalue weighted by molar-refractivity contribution is -0.119. The third-order valence-electron chi connectivity index (χ3n) is 2.16. The molecule has 1 nitrogen and oxygen atoms in total. The van der Waals surface area contributed by atoms with E-state index in [1.165, 1.54) is 0 Å². The van der Waals surface area contributed by atoms with Crippen LogP contribution in [0.1, 0.15) is 40.5 Å². The van der Waals surface area contributed by atoms with Crippen LogP contribution in [0.15, 0.2) is 37.0 Å². The van der Waals surface area contributed by atoms with Gasteiger partial charge < -0.3 is 0 Å². The molecule has 0 aliphatic rings. The van der Waals surface area contributed by atoms with Crippen LogP contribution in [0.3, 0.4) is 0 Å². The Morgan fingerprint density at radius 2 is 1.67 bits per heavy atom. The Kier molecular flexibility index (Phi) is 11.9. The Labute approximate surface area is 94.6 Å². The predicted molar refractivity (Wildman–Crippen MR) is 68.9 cm³/mol. The zero-order valence-corrected chi connectivity index (χ0v) is 10.5. The van der Waals surface area contributed by atoms with Crippen LogP contribution < -0.4 is 0 Å². The molecule has 0 bridgehead atoms. The van der Waals surface area contributed by atoms with Gasteiger partial charge in [0.1, 0.15) is 0 Å². The first-order chi connectivity index (χ1) is 7.21. The summed E-state index contributed by atoms with van der Waals surface area (Å²) in [5, 5.41) is 0. The van der Waals surface area contributed by atoms with E-state index in [2.05, 4.69) is 13.2 Å². The van der Waals surface area contributed by atoms with Crippen molar-refractivity contribution in [1.29, 1.82) is 0 Å². The Hall–Kier alpha value is -1.11. The monoisotopic (exact) mass is 208 g/mol. The Morgan fingerprint density at radius 1 is 1.20 bits per heavy atom. The molecule has 15 heavy (non-hydrogen) atoms. The summed E-state index contributed by atoms with van der Waals surface area (Å²) < 4.78 is 0. The van der Waals surface area contributed by atoms with Crippen molar-refractivity contribution in [3.05, 3.63) is 37.0 Å². The van der Waals surface area contributed by atoms with Crippen LogP contribution in [0.5, 0.6) is 0 Å². The second kappa shape index (κ2) is 11.0. The minimum Gasteiger partial charge on any atom is -0.294 e. The van der Waals surface area contributed by atoms with E-state index in [9.17, 15) is 4.79 Å². The smallest absolute Gasteiger partial charge is 0.165 e. The topological polar surface area (TPSA) is 17.1 Å². The molecule has 0 aromatic heterocycles. The average Bonchev–Trinajstić information content (AvgIpc) is 2.30. The third-order valence-corrected chi connectivity index (χ3v) is 2.16. The second-order valence-electron chi connectivity index (χ2n) is 2.94. The van der Waals surface area contributed by atoms with Crippen LogP contribution >= 0.6 is 0 Å². The summed E-state index contributed by atoms with van der Waals surface area (Å²) >= 11 is 0. The van der Waals surface area contributed by atoms with Crippen molar-refractivity contribution >= 4 is 5.78 Å². The van der Waals surface area contributed by atoms with Crippen LogP contribution in [0.25, 0.3) is 0 Å². The van der Waals surface area contributed by atoms with Crippen LogP contribution in [0, 0.1) is 5.92 Å². The maximum atomic E-state index is 11.7. The molecule has 0 aliphatic heterocycles. The third kappa shape index (κ3) is 6.05. The first kappa shape index (κ1) is 16.3. The van der Waals surface area contributed by atoms with Crippen molar-refractivity contribution in [2.45, 2.75) is 40.5 Å². The molecule has 0 atom stereocenters. The van der Waals surface area contributed by atoms with Gasteiger partial charge in [-0.2, -0.15) is 0 Å². The lowest BCUT2D eigenvalue weighted by Crippen LogP contribution is -2.13. The molecule has 0 aromatic carbocycles. The zero-order chi connectivity index (χ0) is 12.3. The number of carbonyl (C=O) groups is 1. The number of hydrogen-bond acceptors (Lipinski definition) is 1. The molecule has 0 saturated heterocycles. The number of rotatable bonds is 6. The molecule has 0 amide bonds. The van der Waals surface area contributed by atoms with Gasteiger partial charge in [-0.25, -0.2) is 0 Å². The maximum absolute atomic E-state index is 11.7. The SMILES string of the molecule is C=C/C=C(\C=C)C(=O)C(CC)CC.CC. The minimum atomic E-state index is 0.129. The van der Waals surface area contributed by atoms with Crippen molar-refractivity contribution < 1.29 is 4.79 Å². The molecule has 86 valence electrons. The molecule has 1 heteroatoms. The summed E-state index contributed by atoms with van der Waals surface area (Å²) in [7, 11) is 0. The van der Waals surface area contributed by atoms with Gasteiger partial charge in [0.05, 0.1) is 0 Å². The van der Waals surface area contributed by atoms with Gasteiger partial charge in [-0.1, -0.05) is 59.1 Å². The van der Waals surface area contributed by atoms with E-state index in [1.54, 1.807) is 18.2 Å². The average molecular weight is 208 g/mol. The summed E-state index contributed by atoms with van der Waals surface area (Å²) in [6, 6.07) is 0. The maximum Gasteiger partial charge on any atom is 0.165 e. The lowest BCUT2D eigenvalue weighted by atomic mass is 9.93. The summed E-state index contributed by atoms with van der Waals surface area (Å²) in [5.74, 6) is 0.309. The highest BCUT2D eigenvalue weighted by Crippen LogP contribution is 2.15. The molecular formula is C14H24O. The summed E-state index contributed by atoms with van der Waals surface area (Å²) in [6.07, 6.45) is 6.71. The quantitative estimate of drug-likeness (QED) is 0.469. The molecule has 0 heterocycles. The van der Waals surface area contributed by atoms with Crippen molar-refractivity contribution in [2.75, 3.05) is 0 Å². The van der Waals surface area contributed by atoms with Crippen LogP contribution in [0.2, 0.25) is 0 Å². The molecule has 0 fully saturated rings. The Balaban J connectivity index is 0. The highest BCUT2D eigenvalue weighted by atomic mass is 16.1. The van der Waals surface area contributed by atoms with Crippen molar-refractivity contribution in [1.82, 2.24) is 0 Å². The van der Waals surface area contributed by atoms with E-state index in [0.717, 1.165) is 12.8 Å². The standard InChI is InChI=1S/C12H18O.C2H6/c1-5-9-11(8-4)12(13)10(6-2)7-3;1-2/h5,8-10H,1,4,6-7H2,2-3H3;1-2H3/b11-9+;. The fraction of sp³-hybridized carbons (Fsp3) is 0.500.